The molecule has 1 amide bonds. The average molecular weight is 556 g/mol. The molecule has 6 rings (SSSR count). The Kier molecular flexibility index (Phi) is 6.34. The Hall–Kier alpha value is -3.50. The van der Waals surface area contributed by atoms with Crippen molar-refractivity contribution >= 4 is 34.2 Å². The Balaban J connectivity index is 1.39. The molecular formula is C28H28ClF2N5O3. The molecule has 0 saturated carbocycles. The minimum Gasteiger partial charge on any atom is -0.507 e. The molecule has 2 aromatic carbocycles. The van der Waals surface area contributed by atoms with Gasteiger partial charge >= 0.3 is 6.01 Å². The third-order valence-corrected chi connectivity index (χ3v) is 8.35. The molecule has 11 heteroatoms. The Bertz CT molecular complexity index is 1470. The predicted octanol–water partition coefficient (Wildman–Crippen LogP) is 4.24. The first-order valence-electron chi connectivity index (χ1n) is 12.9. The topological polar surface area (TPSA) is 82.0 Å². The summed E-state index contributed by atoms with van der Waals surface area (Å²) in [6, 6.07) is 5.45. The highest BCUT2D eigenvalue weighted by Crippen LogP contribution is 2.46. The molecule has 1 aromatic heterocycles. The van der Waals surface area contributed by atoms with Gasteiger partial charge in [-0.15, -0.1) is 0 Å². The number of likely N-dealkylation sites (N-methyl/N-ethyl adjacent to an activating group) is 1. The summed E-state index contributed by atoms with van der Waals surface area (Å²) in [6.45, 7) is 7.31. The largest absolute Gasteiger partial charge is 0.507 e. The number of aromatic nitrogens is 2. The van der Waals surface area contributed by atoms with Gasteiger partial charge in [0.05, 0.1) is 10.6 Å². The number of aromatic hydroxyl groups is 1. The van der Waals surface area contributed by atoms with Gasteiger partial charge in [-0.1, -0.05) is 24.2 Å². The van der Waals surface area contributed by atoms with Gasteiger partial charge in [-0.3, -0.25) is 4.79 Å². The van der Waals surface area contributed by atoms with Crippen LogP contribution >= 0.6 is 11.6 Å². The zero-order valence-electron chi connectivity index (χ0n) is 21.5. The molecule has 1 atom stereocenters. The summed E-state index contributed by atoms with van der Waals surface area (Å²) in [5, 5.41) is 10.6. The van der Waals surface area contributed by atoms with Gasteiger partial charge in [-0.05, 0) is 50.7 Å². The van der Waals surface area contributed by atoms with E-state index in [9.17, 15) is 14.3 Å². The van der Waals surface area contributed by atoms with Crippen LogP contribution in [0.2, 0.25) is 5.02 Å². The molecular weight excluding hydrogens is 528 g/mol. The fourth-order valence-electron chi connectivity index (χ4n) is 5.98. The molecule has 3 aliphatic heterocycles. The lowest BCUT2D eigenvalue weighted by molar-refractivity contribution is -0.139. The van der Waals surface area contributed by atoms with E-state index in [-0.39, 0.29) is 45.0 Å². The van der Waals surface area contributed by atoms with E-state index in [0.29, 0.717) is 44.0 Å². The second-order valence-corrected chi connectivity index (χ2v) is 11.2. The Labute approximate surface area is 229 Å². The summed E-state index contributed by atoms with van der Waals surface area (Å²) in [6.07, 6.45) is 3.35. The van der Waals surface area contributed by atoms with Gasteiger partial charge < -0.3 is 24.5 Å². The summed E-state index contributed by atoms with van der Waals surface area (Å²) in [5.74, 6) is -1.75. The first kappa shape index (κ1) is 25.8. The molecule has 39 heavy (non-hydrogen) atoms. The van der Waals surface area contributed by atoms with Crippen molar-refractivity contribution in [3.05, 3.63) is 53.6 Å². The van der Waals surface area contributed by atoms with Crippen LogP contribution in [-0.4, -0.2) is 83.2 Å². The maximum atomic E-state index is 16.1. The number of likely N-dealkylation sites (tertiary alicyclic amines) is 2. The third kappa shape index (κ3) is 4.35. The van der Waals surface area contributed by atoms with Gasteiger partial charge in [0.1, 0.15) is 29.5 Å². The molecule has 3 aromatic rings. The molecule has 8 nitrogen and oxygen atoms in total. The highest BCUT2D eigenvalue weighted by molar-refractivity contribution is 6.34. The minimum absolute atomic E-state index is 0.0146. The van der Waals surface area contributed by atoms with E-state index in [4.69, 9.17) is 16.3 Å². The monoisotopic (exact) mass is 555 g/mol. The number of benzene rings is 2. The van der Waals surface area contributed by atoms with E-state index in [1.807, 2.05) is 11.9 Å². The van der Waals surface area contributed by atoms with Crippen LogP contribution in [0.4, 0.5) is 14.6 Å². The molecule has 0 unspecified atom stereocenters. The predicted molar refractivity (Wildman–Crippen MR) is 144 cm³/mol. The lowest BCUT2D eigenvalue weighted by Gasteiger charge is -2.60. The number of carbonyl (C=O) groups excluding carboxylic acids is 1. The van der Waals surface area contributed by atoms with E-state index in [0.717, 1.165) is 25.5 Å². The number of amides is 1. The first-order valence-corrected chi connectivity index (χ1v) is 13.2. The number of halogens is 3. The van der Waals surface area contributed by atoms with Gasteiger partial charge in [0.15, 0.2) is 5.82 Å². The molecule has 4 heterocycles. The maximum Gasteiger partial charge on any atom is 0.319 e. The van der Waals surface area contributed by atoms with Crippen molar-refractivity contribution in [3.8, 4) is 22.9 Å². The van der Waals surface area contributed by atoms with E-state index >= 15 is 4.39 Å². The molecule has 1 N–H and O–H groups in total. The summed E-state index contributed by atoms with van der Waals surface area (Å²) in [4.78, 5) is 26.9. The number of fused-ring (bicyclic) bond motifs is 1. The van der Waals surface area contributed by atoms with Crippen LogP contribution in [0.3, 0.4) is 0 Å². The number of ether oxygens (including phenoxy) is 1. The van der Waals surface area contributed by atoms with Crippen molar-refractivity contribution in [1.82, 2.24) is 19.8 Å². The number of carbonyl (C=O) groups is 1. The Morgan fingerprint density at radius 2 is 2.03 bits per heavy atom. The van der Waals surface area contributed by atoms with Gasteiger partial charge in [-0.25, -0.2) is 8.78 Å². The number of phenolic OH excluding ortho intramolecular Hbond substituents is 1. The van der Waals surface area contributed by atoms with Crippen LogP contribution in [0.15, 0.2) is 36.9 Å². The molecule has 0 bridgehead atoms. The fraction of sp³-hybridized carbons (Fsp3) is 0.393. The molecule has 0 radical (unpaired) electrons. The van der Waals surface area contributed by atoms with E-state index in [1.165, 1.54) is 24.3 Å². The van der Waals surface area contributed by atoms with Gasteiger partial charge in [0.25, 0.3) is 0 Å². The quantitative estimate of drug-likeness (QED) is 0.456. The van der Waals surface area contributed by atoms with E-state index in [2.05, 4.69) is 21.4 Å². The van der Waals surface area contributed by atoms with Crippen LogP contribution in [0.25, 0.3) is 22.0 Å². The number of nitrogens with zero attached hydrogens (tertiary/aromatic N) is 5. The number of anilines is 1. The van der Waals surface area contributed by atoms with Crippen LogP contribution < -0.4 is 9.64 Å². The van der Waals surface area contributed by atoms with Gasteiger partial charge in [-0.2, -0.15) is 9.97 Å². The van der Waals surface area contributed by atoms with Gasteiger partial charge in [0.2, 0.25) is 5.91 Å². The highest BCUT2D eigenvalue weighted by Gasteiger charge is 2.53. The third-order valence-electron chi connectivity index (χ3n) is 8.05. The Morgan fingerprint density at radius 3 is 2.69 bits per heavy atom. The van der Waals surface area contributed by atoms with Crippen LogP contribution in [0.5, 0.6) is 11.8 Å². The minimum atomic E-state index is -0.869. The smallest absolute Gasteiger partial charge is 0.319 e. The van der Waals surface area contributed by atoms with Crippen molar-refractivity contribution in [3.63, 3.8) is 0 Å². The van der Waals surface area contributed by atoms with Gasteiger partial charge in [0, 0.05) is 48.6 Å². The second kappa shape index (κ2) is 9.60. The SMILES string of the molecule is C=CC(=O)N1CC2(C1)CN(c1nc(OC[C@@H]3CCCN3C)nc3c(F)c(-c4c(O)cccc4F)c(Cl)cc13)C2. The number of rotatable bonds is 6. The Morgan fingerprint density at radius 1 is 1.26 bits per heavy atom. The number of hydrogen-bond acceptors (Lipinski definition) is 7. The van der Waals surface area contributed by atoms with Crippen LogP contribution in [-0.2, 0) is 4.79 Å². The first-order chi connectivity index (χ1) is 18.7. The number of phenols is 1. The molecule has 3 aliphatic rings. The maximum absolute atomic E-state index is 16.1. The van der Waals surface area contributed by atoms with Crippen molar-refractivity contribution in [2.75, 3.05) is 51.3 Å². The lowest BCUT2D eigenvalue weighted by Crippen LogP contribution is -2.73. The van der Waals surface area contributed by atoms with Crippen molar-refractivity contribution in [2.45, 2.75) is 18.9 Å². The number of hydrogen-bond donors (Lipinski definition) is 1. The normalized spacial score (nSPS) is 20.3. The average Bonchev–Trinajstić information content (AvgIpc) is 3.27. The van der Waals surface area contributed by atoms with Crippen molar-refractivity contribution < 1.29 is 23.4 Å². The summed E-state index contributed by atoms with van der Waals surface area (Å²) in [5.41, 5.74) is -0.745. The molecule has 3 saturated heterocycles. The van der Waals surface area contributed by atoms with Crippen LogP contribution in [0, 0.1) is 17.0 Å². The molecule has 0 aliphatic carbocycles. The zero-order chi connectivity index (χ0) is 27.5. The summed E-state index contributed by atoms with van der Waals surface area (Å²) < 4.78 is 36.9. The molecule has 204 valence electrons. The highest BCUT2D eigenvalue weighted by atomic mass is 35.5. The van der Waals surface area contributed by atoms with Crippen molar-refractivity contribution in [1.29, 1.82) is 0 Å². The van der Waals surface area contributed by atoms with Crippen LogP contribution in [0.1, 0.15) is 12.8 Å². The zero-order valence-corrected chi connectivity index (χ0v) is 22.2. The standard InChI is InChI=1S/C28H28ClF2N5O3/c1-3-21(38)35-12-28(13-35)14-36(15-28)26-17-10-18(29)22(23-19(30)7-4-8-20(23)37)24(31)25(17)32-27(33-26)39-11-16-6-5-9-34(16)2/h3-4,7-8,10,16,37H,1,5-6,9,11-15H2,2H3/t16-/m0/s1. The van der Waals surface area contributed by atoms with Crippen molar-refractivity contribution in [2.24, 2.45) is 5.41 Å². The molecule has 1 spiro atoms. The second-order valence-electron chi connectivity index (χ2n) is 10.7. The van der Waals surface area contributed by atoms with E-state index < -0.39 is 17.4 Å². The summed E-state index contributed by atoms with van der Waals surface area (Å²) in [7, 11) is 2.03. The van der Waals surface area contributed by atoms with E-state index in [1.54, 1.807) is 4.90 Å². The summed E-state index contributed by atoms with van der Waals surface area (Å²) >= 11 is 6.51. The molecule has 3 fully saturated rings. The fourth-order valence-corrected chi connectivity index (χ4v) is 6.26. The lowest BCUT2D eigenvalue weighted by atomic mass is 9.72.